The van der Waals surface area contributed by atoms with Crippen LogP contribution in [0.25, 0.3) is 10.9 Å². The zero-order chi connectivity index (χ0) is 20.8. The molecule has 0 fully saturated rings. The maximum atomic E-state index is 5.13. The molecular formula is C21H28N8O. The molecule has 0 saturated carbocycles. The number of methoxy groups -OCH3 is 1. The molecule has 1 aliphatic heterocycles. The number of benzene rings is 1. The lowest BCUT2D eigenvalue weighted by atomic mass is 10.1. The predicted molar refractivity (Wildman–Crippen MR) is 118 cm³/mol. The van der Waals surface area contributed by atoms with Crippen molar-refractivity contribution in [3.8, 4) is 0 Å². The fourth-order valence-corrected chi connectivity index (χ4v) is 3.59. The number of anilines is 1. The van der Waals surface area contributed by atoms with Crippen molar-refractivity contribution in [2.45, 2.75) is 32.0 Å². The normalized spacial score (nSPS) is 16.3. The van der Waals surface area contributed by atoms with Gasteiger partial charge in [-0.25, -0.2) is 14.6 Å². The summed E-state index contributed by atoms with van der Waals surface area (Å²) in [4.78, 5) is 13.5. The molecule has 0 spiro atoms. The number of pyridine rings is 1. The monoisotopic (exact) mass is 408 g/mol. The van der Waals surface area contributed by atoms with Crippen LogP contribution in [0, 0.1) is 0 Å². The van der Waals surface area contributed by atoms with Crippen molar-refractivity contribution < 1.29 is 4.74 Å². The molecule has 1 aliphatic rings. The molecule has 30 heavy (non-hydrogen) atoms. The summed E-state index contributed by atoms with van der Waals surface area (Å²) >= 11 is 0. The van der Waals surface area contributed by atoms with Gasteiger partial charge in [0.1, 0.15) is 18.2 Å². The maximum absolute atomic E-state index is 5.13. The third kappa shape index (κ3) is 4.85. The molecule has 0 bridgehead atoms. The quantitative estimate of drug-likeness (QED) is 0.310. The van der Waals surface area contributed by atoms with Crippen molar-refractivity contribution in [1.82, 2.24) is 30.4 Å². The van der Waals surface area contributed by atoms with E-state index in [0.29, 0.717) is 6.61 Å². The molecule has 1 atom stereocenters. The van der Waals surface area contributed by atoms with Crippen LogP contribution in [0.3, 0.4) is 0 Å². The largest absolute Gasteiger partial charge is 0.377 e. The number of hydrogen-bond acceptors (Lipinski definition) is 6. The smallest absolute Gasteiger partial charge is 0.191 e. The molecule has 4 rings (SSSR count). The zero-order valence-electron chi connectivity index (χ0n) is 17.4. The summed E-state index contributed by atoms with van der Waals surface area (Å²) in [5, 5.41) is 15.9. The first-order valence-corrected chi connectivity index (χ1v) is 10.2. The van der Waals surface area contributed by atoms with Crippen LogP contribution in [0.1, 0.15) is 18.1 Å². The van der Waals surface area contributed by atoms with E-state index in [2.05, 4.69) is 48.1 Å². The molecule has 9 nitrogen and oxygen atoms in total. The number of fused-ring (bicyclic) bond motifs is 2. The number of hydrogen-bond donors (Lipinski definition) is 3. The minimum Gasteiger partial charge on any atom is -0.377 e. The van der Waals surface area contributed by atoms with Crippen molar-refractivity contribution in [1.29, 1.82) is 0 Å². The average molecular weight is 409 g/mol. The van der Waals surface area contributed by atoms with E-state index < -0.39 is 0 Å². The topological polar surface area (TPSA) is 101 Å². The Morgan fingerprint density at radius 1 is 1.20 bits per heavy atom. The summed E-state index contributed by atoms with van der Waals surface area (Å²) in [6.07, 6.45) is 1.88. The SMILES string of the molecule is CN=C(NCCNc1ccc2ccccc2n1)NC1CCc2nc(COC)nn2C1. The predicted octanol–water partition coefficient (Wildman–Crippen LogP) is 1.56. The lowest BCUT2D eigenvalue weighted by molar-refractivity contribution is 0.177. The maximum Gasteiger partial charge on any atom is 0.191 e. The van der Waals surface area contributed by atoms with E-state index in [1.165, 1.54) is 0 Å². The highest BCUT2D eigenvalue weighted by molar-refractivity contribution is 5.80. The molecule has 9 heteroatoms. The Bertz CT molecular complexity index is 1020. The Kier molecular flexibility index (Phi) is 6.38. The van der Waals surface area contributed by atoms with Gasteiger partial charge in [0.15, 0.2) is 11.8 Å². The number of nitrogens with zero attached hydrogens (tertiary/aromatic N) is 5. The third-order valence-corrected chi connectivity index (χ3v) is 5.06. The molecule has 1 aromatic carbocycles. The van der Waals surface area contributed by atoms with Gasteiger partial charge in [0.2, 0.25) is 0 Å². The Labute approximate surface area is 176 Å². The fraction of sp³-hybridized carbons (Fsp3) is 0.429. The highest BCUT2D eigenvalue weighted by atomic mass is 16.5. The van der Waals surface area contributed by atoms with E-state index in [9.17, 15) is 0 Å². The van der Waals surface area contributed by atoms with Gasteiger partial charge in [0.25, 0.3) is 0 Å². The van der Waals surface area contributed by atoms with E-state index in [1.54, 1.807) is 14.2 Å². The zero-order valence-corrected chi connectivity index (χ0v) is 17.4. The first-order chi connectivity index (χ1) is 14.7. The number of guanidine groups is 1. The highest BCUT2D eigenvalue weighted by Gasteiger charge is 2.22. The summed E-state index contributed by atoms with van der Waals surface area (Å²) in [5.74, 6) is 3.42. The number of para-hydroxylation sites is 1. The average Bonchev–Trinajstić information content (AvgIpc) is 3.17. The summed E-state index contributed by atoms with van der Waals surface area (Å²) in [5.41, 5.74) is 0.992. The summed E-state index contributed by atoms with van der Waals surface area (Å²) in [7, 11) is 3.44. The van der Waals surface area contributed by atoms with Crippen LogP contribution < -0.4 is 16.0 Å². The van der Waals surface area contributed by atoms with Gasteiger partial charge in [-0.3, -0.25) is 4.99 Å². The summed E-state index contributed by atoms with van der Waals surface area (Å²) < 4.78 is 7.10. The van der Waals surface area contributed by atoms with E-state index in [1.807, 2.05) is 28.9 Å². The summed E-state index contributed by atoms with van der Waals surface area (Å²) in [6, 6.07) is 12.5. The number of rotatable bonds is 7. The van der Waals surface area contributed by atoms with Gasteiger partial charge in [0, 0.05) is 45.1 Å². The van der Waals surface area contributed by atoms with Gasteiger partial charge in [0.05, 0.1) is 12.1 Å². The van der Waals surface area contributed by atoms with E-state index >= 15 is 0 Å². The highest BCUT2D eigenvalue weighted by Crippen LogP contribution is 2.15. The van der Waals surface area contributed by atoms with E-state index in [4.69, 9.17) is 4.74 Å². The Hall–Kier alpha value is -3.20. The van der Waals surface area contributed by atoms with Gasteiger partial charge in [-0.2, -0.15) is 5.10 Å². The molecule has 3 N–H and O–H groups in total. The van der Waals surface area contributed by atoms with Gasteiger partial charge in [-0.1, -0.05) is 18.2 Å². The van der Waals surface area contributed by atoms with Crippen LogP contribution in [0.2, 0.25) is 0 Å². The molecule has 0 aliphatic carbocycles. The Morgan fingerprint density at radius 2 is 2.10 bits per heavy atom. The Balaban J connectivity index is 1.23. The third-order valence-electron chi connectivity index (χ3n) is 5.06. The van der Waals surface area contributed by atoms with Gasteiger partial charge >= 0.3 is 0 Å². The molecule has 3 aromatic rings. The van der Waals surface area contributed by atoms with E-state index in [0.717, 1.165) is 66.8 Å². The van der Waals surface area contributed by atoms with Crippen LogP contribution in [0.4, 0.5) is 5.82 Å². The number of ether oxygens (including phenoxy) is 1. The molecule has 0 radical (unpaired) electrons. The second-order valence-electron chi connectivity index (χ2n) is 7.25. The number of aromatic nitrogens is 4. The van der Waals surface area contributed by atoms with Gasteiger partial charge in [-0.15, -0.1) is 0 Å². The minimum atomic E-state index is 0.260. The standard InChI is InChI=1S/C21H28N8O/c1-22-21(25-16-8-10-20-27-19(14-30-2)28-29(20)13-16)24-12-11-23-18-9-7-15-5-3-4-6-17(15)26-18/h3-7,9,16H,8,10-14H2,1-2H3,(H,23,26)(H2,22,24,25). The first-order valence-electron chi connectivity index (χ1n) is 10.2. The van der Waals surface area contributed by atoms with Gasteiger partial charge in [-0.05, 0) is 24.6 Å². The second-order valence-corrected chi connectivity index (χ2v) is 7.25. The van der Waals surface area contributed by atoms with Crippen LogP contribution >= 0.6 is 0 Å². The lowest BCUT2D eigenvalue weighted by Crippen LogP contribution is -2.48. The molecule has 158 valence electrons. The molecule has 0 amide bonds. The molecule has 2 aromatic heterocycles. The molecular weight excluding hydrogens is 380 g/mol. The minimum absolute atomic E-state index is 0.260. The number of aliphatic imine (C=N–C) groups is 1. The molecule has 0 saturated heterocycles. The summed E-state index contributed by atoms with van der Waals surface area (Å²) in [6.45, 7) is 2.68. The van der Waals surface area contributed by atoms with Crippen molar-refractivity contribution in [2.75, 3.05) is 32.6 Å². The van der Waals surface area contributed by atoms with Crippen molar-refractivity contribution in [2.24, 2.45) is 4.99 Å². The molecule has 3 heterocycles. The van der Waals surface area contributed by atoms with Gasteiger partial charge < -0.3 is 20.7 Å². The Morgan fingerprint density at radius 3 is 2.97 bits per heavy atom. The lowest BCUT2D eigenvalue weighted by Gasteiger charge is -2.25. The van der Waals surface area contributed by atoms with Crippen molar-refractivity contribution in [3.05, 3.63) is 48.0 Å². The van der Waals surface area contributed by atoms with Crippen LogP contribution in [0.5, 0.6) is 0 Å². The van der Waals surface area contributed by atoms with Crippen molar-refractivity contribution >= 4 is 22.7 Å². The first kappa shape index (κ1) is 20.1. The number of aryl methyl sites for hydroxylation is 1. The second kappa shape index (κ2) is 9.53. The number of nitrogens with one attached hydrogen (secondary N) is 3. The fourth-order valence-electron chi connectivity index (χ4n) is 3.59. The van der Waals surface area contributed by atoms with Crippen LogP contribution in [0.15, 0.2) is 41.4 Å². The van der Waals surface area contributed by atoms with E-state index in [-0.39, 0.29) is 6.04 Å². The van der Waals surface area contributed by atoms with Crippen LogP contribution in [-0.2, 0) is 24.3 Å². The van der Waals surface area contributed by atoms with Crippen molar-refractivity contribution in [3.63, 3.8) is 0 Å². The molecule has 1 unspecified atom stereocenters. The van der Waals surface area contributed by atoms with Crippen LogP contribution in [-0.4, -0.2) is 59.0 Å².